The van der Waals surface area contributed by atoms with Crippen molar-refractivity contribution in [1.29, 1.82) is 0 Å². The molecule has 0 fully saturated rings. The van der Waals surface area contributed by atoms with E-state index in [2.05, 4.69) is 6.07 Å². The molecule has 1 aliphatic rings. The molecule has 0 spiro atoms. The lowest BCUT2D eigenvalue weighted by Crippen LogP contribution is -2.44. The van der Waals surface area contributed by atoms with E-state index in [1.165, 1.54) is 16.9 Å². The zero-order chi connectivity index (χ0) is 20.3. The first-order chi connectivity index (χ1) is 13.3. The van der Waals surface area contributed by atoms with Crippen molar-refractivity contribution in [3.8, 4) is 5.75 Å². The molecule has 0 unspecified atom stereocenters. The Morgan fingerprint density at radius 3 is 2.50 bits per heavy atom. The van der Waals surface area contributed by atoms with Crippen molar-refractivity contribution in [2.75, 3.05) is 29.1 Å². The Morgan fingerprint density at radius 1 is 1.18 bits per heavy atom. The van der Waals surface area contributed by atoms with Gasteiger partial charge in [-0.3, -0.25) is 9.10 Å². The van der Waals surface area contributed by atoms with E-state index in [9.17, 15) is 13.2 Å². The molecule has 1 amide bonds. The molecule has 1 aliphatic heterocycles. The number of carbonyl (C=O) groups is 1. The lowest BCUT2D eigenvalue weighted by Gasteiger charge is -2.32. The van der Waals surface area contributed by atoms with E-state index in [4.69, 9.17) is 4.74 Å². The molecule has 6 nitrogen and oxygen atoms in total. The second-order valence-corrected chi connectivity index (χ2v) is 8.98. The van der Waals surface area contributed by atoms with E-state index < -0.39 is 16.1 Å². The summed E-state index contributed by atoms with van der Waals surface area (Å²) in [6.45, 7) is 2.61. The maximum atomic E-state index is 13.1. The highest BCUT2D eigenvalue weighted by molar-refractivity contribution is 7.92. The predicted molar refractivity (Wildman–Crippen MR) is 112 cm³/mol. The third-order valence-electron chi connectivity index (χ3n) is 5.00. The first kappa shape index (κ1) is 20.2. The molecule has 0 N–H and O–H groups in total. The first-order valence-corrected chi connectivity index (χ1v) is 11.3. The molecule has 2 aromatic carbocycles. The van der Waals surface area contributed by atoms with Gasteiger partial charge in [-0.1, -0.05) is 25.1 Å². The van der Waals surface area contributed by atoms with Gasteiger partial charge in [0, 0.05) is 19.3 Å². The molecule has 0 saturated carbocycles. The van der Waals surface area contributed by atoms with E-state index in [0.29, 0.717) is 24.4 Å². The van der Waals surface area contributed by atoms with Crippen LogP contribution >= 0.6 is 0 Å². The number of para-hydroxylation sites is 1. The lowest BCUT2D eigenvalue weighted by atomic mass is 10.0. The van der Waals surface area contributed by atoms with Gasteiger partial charge in [0.25, 0.3) is 5.91 Å². The number of amides is 1. The maximum absolute atomic E-state index is 13.1. The van der Waals surface area contributed by atoms with Gasteiger partial charge >= 0.3 is 0 Å². The molecule has 3 rings (SSSR count). The molecule has 0 radical (unpaired) electrons. The van der Waals surface area contributed by atoms with Gasteiger partial charge in [0.1, 0.15) is 5.75 Å². The van der Waals surface area contributed by atoms with E-state index in [0.717, 1.165) is 24.8 Å². The lowest BCUT2D eigenvalue weighted by molar-refractivity contribution is -0.125. The third kappa shape index (κ3) is 4.30. The summed E-state index contributed by atoms with van der Waals surface area (Å²) in [4.78, 5) is 14.9. The van der Waals surface area contributed by atoms with Crippen LogP contribution in [0, 0.1) is 0 Å². The van der Waals surface area contributed by atoms with Crippen LogP contribution in [0.3, 0.4) is 0 Å². The fourth-order valence-corrected chi connectivity index (χ4v) is 3.84. The van der Waals surface area contributed by atoms with Crippen LogP contribution in [0.15, 0.2) is 48.5 Å². The quantitative estimate of drug-likeness (QED) is 0.744. The summed E-state index contributed by atoms with van der Waals surface area (Å²) in [5.74, 6) is 0.489. The topological polar surface area (TPSA) is 66.9 Å². The van der Waals surface area contributed by atoms with Crippen molar-refractivity contribution in [3.63, 3.8) is 0 Å². The van der Waals surface area contributed by atoms with Gasteiger partial charge in [0.15, 0.2) is 6.10 Å². The van der Waals surface area contributed by atoms with Gasteiger partial charge in [-0.05, 0) is 55.2 Å². The summed E-state index contributed by atoms with van der Waals surface area (Å²) in [6.07, 6.45) is 3.02. The molecule has 150 valence electrons. The molecule has 0 aliphatic carbocycles. The number of aryl methyl sites for hydroxylation is 1. The number of hydrogen-bond acceptors (Lipinski definition) is 4. The standard InChI is InChI=1S/C21H26N2O4S/c1-4-20(21(24)23-15-7-9-16-8-5-6-10-19(16)23)27-18-13-11-17(12-14-18)22(2)28(3,25)26/h5-6,8,10-14,20H,4,7,9,15H2,1-3H3/t20-/m0/s1. The molecule has 0 bridgehead atoms. The van der Waals surface area contributed by atoms with Crippen molar-refractivity contribution in [2.24, 2.45) is 0 Å². The second-order valence-electron chi connectivity index (χ2n) is 6.96. The molecule has 28 heavy (non-hydrogen) atoms. The molecule has 2 aromatic rings. The van der Waals surface area contributed by atoms with Crippen LogP contribution < -0.4 is 13.9 Å². The van der Waals surface area contributed by atoms with Crippen molar-refractivity contribution in [1.82, 2.24) is 0 Å². The maximum Gasteiger partial charge on any atom is 0.268 e. The van der Waals surface area contributed by atoms with Crippen LogP contribution in [-0.4, -0.2) is 40.3 Å². The zero-order valence-electron chi connectivity index (χ0n) is 16.5. The van der Waals surface area contributed by atoms with E-state index >= 15 is 0 Å². The Morgan fingerprint density at radius 2 is 1.86 bits per heavy atom. The Labute approximate surface area is 166 Å². The highest BCUT2D eigenvalue weighted by Gasteiger charge is 2.29. The highest BCUT2D eigenvalue weighted by Crippen LogP contribution is 2.28. The van der Waals surface area contributed by atoms with Gasteiger partial charge in [0.05, 0.1) is 11.9 Å². The Kier molecular flexibility index (Phi) is 5.93. The number of anilines is 2. The fourth-order valence-electron chi connectivity index (χ4n) is 3.34. The normalized spacial score (nSPS) is 14.9. The van der Waals surface area contributed by atoms with Gasteiger partial charge in [-0.2, -0.15) is 0 Å². The van der Waals surface area contributed by atoms with Crippen molar-refractivity contribution in [2.45, 2.75) is 32.3 Å². The van der Waals surface area contributed by atoms with Crippen LogP contribution in [0.4, 0.5) is 11.4 Å². The average Bonchev–Trinajstić information content (AvgIpc) is 2.70. The summed E-state index contributed by atoms with van der Waals surface area (Å²) < 4.78 is 30.5. The number of fused-ring (bicyclic) bond motifs is 1. The zero-order valence-corrected chi connectivity index (χ0v) is 17.3. The number of benzene rings is 2. The predicted octanol–water partition coefficient (Wildman–Crippen LogP) is 3.22. The van der Waals surface area contributed by atoms with Crippen LogP contribution in [0.2, 0.25) is 0 Å². The first-order valence-electron chi connectivity index (χ1n) is 9.41. The molecule has 1 atom stereocenters. The molecule has 7 heteroatoms. The Hall–Kier alpha value is -2.54. The summed E-state index contributed by atoms with van der Waals surface area (Å²) >= 11 is 0. The average molecular weight is 403 g/mol. The summed E-state index contributed by atoms with van der Waals surface area (Å²) in [5, 5.41) is 0. The monoisotopic (exact) mass is 402 g/mol. The Bertz CT molecular complexity index is 941. The van der Waals surface area contributed by atoms with Gasteiger partial charge in [-0.15, -0.1) is 0 Å². The third-order valence-corrected chi connectivity index (χ3v) is 6.20. The van der Waals surface area contributed by atoms with Gasteiger partial charge in [-0.25, -0.2) is 8.42 Å². The van der Waals surface area contributed by atoms with Gasteiger partial charge in [0.2, 0.25) is 10.0 Å². The van der Waals surface area contributed by atoms with Gasteiger partial charge < -0.3 is 9.64 Å². The van der Waals surface area contributed by atoms with Crippen LogP contribution in [0.1, 0.15) is 25.3 Å². The summed E-state index contributed by atoms with van der Waals surface area (Å²) in [5.41, 5.74) is 2.69. The molecule has 0 saturated heterocycles. The molecular weight excluding hydrogens is 376 g/mol. The van der Waals surface area contributed by atoms with Crippen molar-refractivity contribution in [3.05, 3.63) is 54.1 Å². The number of nitrogens with zero attached hydrogens (tertiary/aromatic N) is 2. The van der Waals surface area contributed by atoms with E-state index in [1.807, 2.05) is 30.0 Å². The molecule has 1 heterocycles. The minimum Gasteiger partial charge on any atom is -0.481 e. The summed E-state index contributed by atoms with van der Waals surface area (Å²) in [6, 6.07) is 14.7. The summed E-state index contributed by atoms with van der Waals surface area (Å²) in [7, 11) is -1.82. The number of rotatable bonds is 6. The fraction of sp³-hybridized carbons (Fsp3) is 0.381. The van der Waals surface area contributed by atoms with Crippen molar-refractivity contribution < 1.29 is 17.9 Å². The van der Waals surface area contributed by atoms with Crippen molar-refractivity contribution >= 4 is 27.3 Å². The second kappa shape index (κ2) is 8.22. The highest BCUT2D eigenvalue weighted by atomic mass is 32.2. The number of sulfonamides is 1. The Balaban J connectivity index is 1.75. The minimum atomic E-state index is -3.32. The largest absolute Gasteiger partial charge is 0.481 e. The number of hydrogen-bond donors (Lipinski definition) is 0. The van der Waals surface area contributed by atoms with Crippen LogP contribution in [-0.2, 0) is 21.2 Å². The minimum absolute atomic E-state index is 0.0491. The number of ether oxygens (including phenoxy) is 1. The van der Waals surface area contributed by atoms with Crippen LogP contribution in [0.5, 0.6) is 5.75 Å². The molecular formula is C21H26N2O4S. The number of carbonyl (C=O) groups excluding carboxylic acids is 1. The molecule has 0 aromatic heterocycles. The SMILES string of the molecule is CC[C@H](Oc1ccc(N(C)S(C)(=O)=O)cc1)C(=O)N1CCCc2ccccc21. The van der Waals surface area contributed by atoms with E-state index in [1.54, 1.807) is 24.3 Å². The smallest absolute Gasteiger partial charge is 0.268 e. The van der Waals surface area contributed by atoms with Crippen LogP contribution in [0.25, 0.3) is 0 Å². The van der Waals surface area contributed by atoms with E-state index in [-0.39, 0.29) is 5.91 Å².